The first kappa shape index (κ1) is 30.9. The van der Waals surface area contributed by atoms with Crippen molar-refractivity contribution in [2.75, 3.05) is 0 Å². The molecule has 4 nitrogen and oxygen atoms in total. The number of hydrogen-bond acceptors (Lipinski definition) is 2. The maximum atomic E-state index is 4.65. The topological polar surface area (TPSA) is 52.9 Å². The Bertz CT molecular complexity index is 364. The maximum Gasteiger partial charge on any atom is -0.0684 e. The van der Waals surface area contributed by atoms with Gasteiger partial charge in [-0.15, -0.1) is 11.1 Å². The quantitative estimate of drug-likeness (QED) is 0.309. The normalized spacial score (nSPS) is 12.5. The van der Waals surface area contributed by atoms with Crippen LogP contribution in [0.4, 0.5) is 0 Å². The second-order valence-electron chi connectivity index (χ2n) is 10.1. The average molecular weight is 452 g/mol. The molecule has 0 aromatic rings. The first-order chi connectivity index (χ1) is 11.3. The summed E-state index contributed by atoms with van der Waals surface area (Å²) in [6, 6.07) is 0. The maximum absolute atomic E-state index is 4.65. The van der Waals surface area contributed by atoms with Gasteiger partial charge < -0.3 is 17.6 Å². The second kappa shape index (κ2) is 13.4. The summed E-state index contributed by atoms with van der Waals surface area (Å²) >= 11 is -0.473. The fraction of sp³-hybridized carbons (Fsp3) is 0.952. The molecule has 160 valence electrons. The van der Waals surface area contributed by atoms with Crippen molar-refractivity contribution in [2.24, 2.45) is 6.99 Å². The van der Waals surface area contributed by atoms with Gasteiger partial charge in [0.15, 0.2) is 0 Å². The third-order valence-corrected chi connectivity index (χ3v) is 5.16. The third kappa shape index (κ3) is 31.9. The van der Waals surface area contributed by atoms with Crippen molar-refractivity contribution < 1.29 is 18.2 Å². The Kier molecular flexibility index (Phi) is 15.9. The second-order valence-corrected chi connectivity index (χ2v) is 11.4. The van der Waals surface area contributed by atoms with Gasteiger partial charge in [-0.1, -0.05) is 54.9 Å². The summed E-state index contributed by atoms with van der Waals surface area (Å²) in [5.41, 5.74) is 0.263. The molecule has 0 aromatic carbocycles. The molecule has 0 aliphatic rings. The van der Waals surface area contributed by atoms with Crippen LogP contribution in [0.2, 0.25) is 0 Å². The van der Waals surface area contributed by atoms with Gasteiger partial charge >= 0.3 is 77.8 Å². The largest absolute Gasteiger partial charge is 0.673 e. The van der Waals surface area contributed by atoms with Gasteiger partial charge in [0.25, 0.3) is 0 Å². The zero-order valence-corrected chi connectivity index (χ0v) is 22.2. The van der Waals surface area contributed by atoms with Gasteiger partial charge in [-0.05, 0) is 0 Å². The molecule has 5 heteroatoms. The Morgan fingerprint density at radius 2 is 0.962 bits per heavy atom. The smallest absolute Gasteiger partial charge is 0.0684 e. The molecule has 0 N–H and O–H groups in total. The van der Waals surface area contributed by atoms with Crippen molar-refractivity contribution in [1.29, 1.82) is 0 Å². The Hall–Kier alpha value is 0.208. The molecule has 0 radical (unpaired) electrons. The van der Waals surface area contributed by atoms with Crippen LogP contribution in [-0.2, 0) is 18.2 Å². The van der Waals surface area contributed by atoms with Gasteiger partial charge in [0.05, 0.1) is 0 Å². The minimum atomic E-state index is -0.473. The van der Waals surface area contributed by atoms with E-state index in [0.29, 0.717) is 0 Å². The Labute approximate surface area is 174 Å². The van der Waals surface area contributed by atoms with Crippen molar-refractivity contribution in [3.8, 4) is 0 Å². The minimum absolute atomic E-state index is 0.0232. The molecule has 0 aliphatic heterocycles. The number of nitrogens with zero attached hydrogens (tertiary/aromatic N) is 4. The first-order valence-electron chi connectivity index (χ1n) is 9.60. The van der Waals surface area contributed by atoms with E-state index in [2.05, 4.69) is 115 Å². The predicted molar refractivity (Wildman–Crippen MR) is 116 cm³/mol. The molecule has 26 heavy (non-hydrogen) atoms. The van der Waals surface area contributed by atoms with E-state index in [1.165, 1.54) is 0 Å². The zero-order valence-electron chi connectivity index (χ0n) is 20.2. The van der Waals surface area contributed by atoms with Crippen LogP contribution in [0.25, 0.3) is 10.6 Å². The summed E-state index contributed by atoms with van der Waals surface area (Å²) in [4.78, 5) is 0. The van der Waals surface area contributed by atoms with E-state index in [4.69, 9.17) is 0 Å². The van der Waals surface area contributed by atoms with Crippen LogP contribution in [0.5, 0.6) is 0 Å². The molecule has 0 saturated carbocycles. The van der Waals surface area contributed by atoms with Crippen LogP contribution < -0.4 is 0 Å². The molecule has 0 saturated heterocycles. The van der Waals surface area contributed by atoms with E-state index in [-0.39, 0.29) is 28.3 Å². The predicted octanol–water partition coefficient (Wildman–Crippen LogP) is 7.94. The number of hydrogen-bond donors (Lipinski definition) is 0. The van der Waals surface area contributed by atoms with Crippen molar-refractivity contribution in [2.45, 2.75) is 132 Å². The Morgan fingerprint density at radius 1 is 0.692 bits per heavy atom. The summed E-state index contributed by atoms with van der Waals surface area (Å²) in [7, 11) is 0. The van der Waals surface area contributed by atoms with Gasteiger partial charge in [0.1, 0.15) is 0 Å². The molecule has 0 heterocycles. The summed E-state index contributed by atoms with van der Waals surface area (Å²) < 4.78 is 9.01. The molecule has 0 unspecified atom stereocenters. The summed E-state index contributed by atoms with van der Waals surface area (Å²) in [5.74, 6) is 0. The molecule has 0 bridgehead atoms. The molecule has 0 atom stereocenters. The summed E-state index contributed by atoms with van der Waals surface area (Å²) in [5, 5.41) is 9.29. The minimum Gasteiger partial charge on any atom is -0.673 e. The van der Waals surface area contributed by atoms with E-state index >= 15 is 0 Å². The molecule has 0 rings (SSSR count). The molecule has 0 spiro atoms. The van der Waals surface area contributed by atoms with Crippen LogP contribution in [0.3, 0.4) is 0 Å². The SMILES string of the molecule is CC(C)(C)[N]=[Mo]=[N]C(C)(C)C.CCC([N-]C(C)(C)C)[N-]C(C)(C)C.[CH2-]C. The van der Waals surface area contributed by atoms with Crippen LogP contribution in [0.1, 0.15) is 103 Å². The van der Waals surface area contributed by atoms with Crippen molar-refractivity contribution in [1.82, 2.24) is 0 Å². The fourth-order valence-corrected chi connectivity index (χ4v) is 2.68. The van der Waals surface area contributed by atoms with Gasteiger partial charge in [0.2, 0.25) is 0 Å². The van der Waals surface area contributed by atoms with Crippen LogP contribution >= 0.6 is 0 Å². The molecular formula is C21H47MoN4-3. The zero-order chi connectivity index (χ0) is 21.8. The van der Waals surface area contributed by atoms with Gasteiger partial charge in [-0.2, -0.15) is 6.92 Å². The average Bonchev–Trinajstić information content (AvgIpc) is 2.34. The Morgan fingerprint density at radius 3 is 1.12 bits per heavy atom. The Balaban J connectivity index is -0.000000375. The third-order valence-electron chi connectivity index (χ3n) is 2.07. The van der Waals surface area contributed by atoms with Crippen LogP contribution in [0.15, 0.2) is 6.99 Å². The van der Waals surface area contributed by atoms with Gasteiger partial charge in [0, 0.05) is 0 Å². The van der Waals surface area contributed by atoms with Crippen LogP contribution in [0, 0.1) is 6.92 Å². The molecular weight excluding hydrogens is 404 g/mol. The number of rotatable bonds is 3. The van der Waals surface area contributed by atoms with E-state index in [9.17, 15) is 0 Å². The summed E-state index contributed by atoms with van der Waals surface area (Å²) in [6.45, 7) is 32.6. The van der Waals surface area contributed by atoms with Crippen molar-refractivity contribution in [3.63, 3.8) is 0 Å². The van der Waals surface area contributed by atoms with E-state index in [0.717, 1.165) is 6.42 Å². The fourth-order valence-electron chi connectivity index (χ4n) is 1.37. The van der Waals surface area contributed by atoms with Gasteiger partial charge in [-0.3, -0.25) is 0 Å². The molecule has 0 amide bonds. The van der Waals surface area contributed by atoms with Crippen molar-refractivity contribution in [3.05, 3.63) is 17.6 Å². The van der Waals surface area contributed by atoms with Crippen LogP contribution in [-0.4, -0.2) is 28.3 Å². The monoisotopic (exact) mass is 453 g/mol. The van der Waals surface area contributed by atoms with Crippen molar-refractivity contribution >= 4 is 0 Å². The van der Waals surface area contributed by atoms with E-state index in [1.807, 2.05) is 0 Å². The summed E-state index contributed by atoms with van der Waals surface area (Å²) in [6.07, 6.45) is 1.15. The standard InChI is InChI=1S/C11H24N2.2C4H9N.C2H5.Mo/c1-8-9(12-10(2,3)4)13-11(5,6)7;2*1-4(2,3)5;1-2;/h9H,8H2,1-7H3;2*1-3H3;1H2,2H3;/q-2;;;-1;. The molecule has 0 aromatic heterocycles. The first-order valence-corrected chi connectivity index (χ1v) is 11.4. The molecule has 0 aliphatic carbocycles. The molecule has 0 fully saturated rings. The van der Waals surface area contributed by atoms with E-state index in [1.54, 1.807) is 6.92 Å². The van der Waals surface area contributed by atoms with E-state index < -0.39 is 18.2 Å². The van der Waals surface area contributed by atoms with Gasteiger partial charge in [-0.25, -0.2) is 6.17 Å².